The Morgan fingerprint density at radius 1 is 1.19 bits per heavy atom. The maximum Gasteiger partial charge on any atom is 0.164 e. The number of hydrogen-bond donors (Lipinski definition) is 1. The summed E-state index contributed by atoms with van der Waals surface area (Å²) < 4.78 is 5.55. The summed E-state index contributed by atoms with van der Waals surface area (Å²) in [5.74, 6) is 1.08. The molecule has 0 spiro atoms. The molecular weight excluding hydrogens is 264 g/mol. The third kappa shape index (κ3) is 3.76. The molecule has 0 radical (unpaired) electrons. The SMILES string of the molecule is O=C(CCN1CCCCCC1)c1ccc2c(c1)NCCO2. The lowest BCUT2D eigenvalue weighted by molar-refractivity contribution is 0.0965. The highest BCUT2D eigenvalue weighted by atomic mass is 16.5. The smallest absolute Gasteiger partial charge is 0.164 e. The number of benzene rings is 1. The van der Waals surface area contributed by atoms with Crippen LogP contribution in [0.1, 0.15) is 42.5 Å². The summed E-state index contributed by atoms with van der Waals surface area (Å²) in [7, 11) is 0. The summed E-state index contributed by atoms with van der Waals surface area (Å²) >= 11 is 0. The van der Waals surface area contributed by atoms with Crippen LogP contribution < -0.4 is 10.1 Å². The highest BCUT2D eigenvalue weighted by Gasteiger charge is 2.15. The molecule has 3 rings (SSSR count). The molecule has 0 saturated carbocycles. The minimum absolute atomic E-state index is 0.231. The molecule has 4 heteroatoms. The van der Waals surface area contributed by atoms with E-state index in [2.05, 4.69) is 10.2 Å². The zero-order chi connectivity index (χ0) is 14.5. The summed E-state index contributed by atoms with van der Waals surface area (Å²) in [6.45, 7) is 4.67. The van der Waals surface area contributed by atoms with Crippen LogP contribution in [0, 0.1) is 0 Å². The summed E-state index contributed by atoms with van der Waals surface area (Å²) in [5.41, 5.74) is 1.74. The minimum atomic E-state index is 0.231. The topological polar surface area (TPSA) is 41.6 Å². The fourth-order valence-electron chi connectivity index (χ4n) is 3.08. The van der Waals surface area contributed by atoms with Gasteiger partial charge in [-0.3, -0.25) is 4.79 Å². The van der Waals surface area contributed by atoms with Crippen molar-refractivity contribution in [1.29, 1.82) is 0 Å². The fourth-order valence-corrected chi connectivity index (χ4v) is 3.08. The largest absolute Gasteiger partial charge is 0.490 e. The van der Waals surface area contributed by atoms with Crippen LogP contribution in [0.4, 0.5) is 5.69 Å². The Morgan fingerprint density at radius 3 is 2.81 bits per heavy atom. The molecule has 0 aromatic heterocycles. The normalized spacial score (nSPS) is 19.0. The number of rotatable bonds is 4. The van der Waals surface area contributed by atoms with Crippen LogP contribution in [0.3, 0.4) is 0 Å². The van der Waals surface area contributed by atoms with Gasteiger partial charge in [-0.2, -0.15) is 0 Å². The first-order chi connectivity index (χ1) is 10.3. The van der Waals surface area contributed by atoms with Gasteiger partial charge >= 0.3 is 0 Å². The first-order valence-corrected chi connectivity index (χ1v) is 8.09. The molecule has 1 N–H and O–H groups in total. The number of nitrogens with one attached hydrogen (secondary N) is 1. The van der Waals surface area contributed by atoms with Gasteiger partial charge in [-0.05, 0) is 44.1 Å². The Kier molecular flexibility index (Phi) is 4.76. The first-order valence-electron chi connectivity index (χ1n) is 8.09. The molecule has 0 bridgehead atoms. The van der Waals surface area contributed by atoms with Crippen LogP contribution in [0.2, 0.25) is 0 Å². The van der Waals surface area contributed by atoms with E-state index in [0.717, 1.165) is 43.2 Å². The molecule has 2 heterocycles. The average molecular weight is 288 g/mol. The number of anilines is 1. The van der Waals surface area contributed by atoms with Crippen molar-refractivity contribution in [3.8, 4) is 5.75 Å². The van der Waals surface area contributed by atoms with Gasteiger partial charge in [-0.25, -0.2) is 0 Å². The third-order valence-corrected chi connectivity index (χ3v) is 4.33. The van der Waals surface area contributed by atoms with Crippen molar-refractivity contribution < 1.29 is 9.53 Å². The molecule has 2 aliphatic heterocycles. The Morgan fingerprint density at radius 2 is 2.00 bits per heavy atom. The monoisotopic (exact) mass is 288 g/mol. The van der Waals surface area contributed by atoms with E-state index in [0.29, 0.717) is 13.0 Å². The van der Waals surface area contributed by atoms with Gasteiger partial charge in [0.2, 0.25) is 0 Å². The van der Waals surface area contributed by atoms with Crippen molar-refractivity contribution in [3.63, 3.8) is 0 Å². The van der Waals surface area contributed by atoms with Crippen LogP contribution in [-0.4, -0.2) is 43.5 Å². The third-order valence-electron chi connectivity index (χ3n) is 4.33. The summed E-state index contributed by atoms with van der Waals surface area (Å²) in [6.07, 6.45) is 5.82. The quantitative estimate of drug-likeness (QED) is 0.865. The van der Waals surface area contributed by atoms with E-state index in [1.165, 1.54) is 25.7 Å². The number of likely N-dealkylation sites (tertiary alicyclic amines) is 1. The molecule has 1 aromatic rings. The van der Waals surface area contributed by atoms with Gasteiger partial charge in [0.25, 0.3) is 0 Å². The number of carbonyl (C=O) groups excluding carboxylic acids is 1. The standard InChI is InChI=1S/C17H24N2O2/c20-16(7-11-19-9-3-1-2-4-10-19)14-5-6-17-15(13-14)18-8-12-21-17/h5-6,13,18H,1-4,7-12H2. The zero-order valence-electron chi connectivity index (χ0n) is 12.6. The van der Waals surface area contributed by atoms with Crippen LogP contribution in [-0.2, 0) is 0 Å². The molecule has 1 aromatic carbocycles. The van der Waals surface area contributed by atoms with E-state index < -0.39 is 0 Å². The van der Waals surface area contributed by atoms with E-state index in [1.54, 1.807) is 0 Å². The van der Waals surface area contributed by atoms with Crippen molar-refractivity contribution in [2.75, 3.05) is 38.1 Å². The van der Waals surface area contributed by atoms with E-state index in [9.17, 15) is 4.79 Å². The minimum Gasteiger partial charge on any atom is -0.490 e. The van der Waals surface area contributed by atoms with Crippen molar-refractivity contribution in [2.45, 2.75) is 32.1 Å². The van der Waals surface area contributed by atoms with Crippen LogP contribution in [0.15, 0.2) is 18.2 Å². The number of ketones is 1. The average Bonchev–Trinajstić information content (AvgIpc) is 2.81. The fraction of sp³-hybridized carbons (Fsp3) is 0.588. The number of nitrogens with zero attached hydrogens (tertiary/aromatic N) is 1. The number of Topliss-reactive ketones (excluding diaryl/α,β-unsaturated/α-hetero) is 1. The summed E-state index contributed by atoms with van der Waals surface area (Å²) in [4.78, 5) is 14.8. The van der Waals surface area contributed by atoms with E-state index in [-0.39, 0.29) is 5.78 Å². The maximum atomic E-state index is 12.4. The summed E-state index contributed by atoms with van der Waals surface area (Å²) in [6, 6.07) is 5.72. The maximum absolute atomic E-state index is 12.4. The second-order valence-electron chi connectivity index (χ2n) is 5.92. The Hall–Kier alpha value is -1.55. The van der Waals surface area contributed by atoms with Gasteiger partial charge in [-0.1, -0.05) is 12.8 Å². The molecule has 0 amide bonds. The van der Waals surface area contributed by atoms with Gasteiger partial charge in [0.15, 0.2) is 5.78 Å². The molecule has 1 fully saturated rings. The van der Waals surface area contributed by atoms with Crippen LogP contribution in [0.5, 0.6) is 5.75 Å². The number of hydrogen-bond acceptors (Lipinski definition) is 4. The Bertz CT molecular complexity index is 494. The second-order valence-corrected chi connectivity index (χ2v) is 5.92. The molecule has 2 aliphatic rings. The highest BCUT2D eigenvalue weighted by molar-refractivity contribution is 5.97. The van der Waals surface area contributed by atoms with Crippen LogP contribution >= 0.6 is 0 Å². The Labute approximate surface area is 126 Å². The van der Waals surface area contributed by atoms with E-state index >= 15 is 0 Å². The molecule has 4 nitrogen and oxygen atoms in total. The lowest BCUT2D eigenvalue weighted by Crippen LogP contribution is -2.27. The first kappa shape index (κ1) is 14.4. The summed E-state index contributed by atoms with van der Waals surface area (Å²) in [5, 5.41) is 3.28. The molecule has 21 heavy (non-hydrogen) atoms. The lowest BCUT2D eigenvalue weighted by Gasteiger charge is -2.20. The number of fused-ring (bicyclic) bond motifs is 1. The number of carbonyl (C=O) groups is 1. The van der Waals surface area contributed by atoms with Gasteiger partial charge < -0.3 is 15.0 Å². The molecule has 0 aliphatic carbocycles. The van der Waals surface area contributed by atoms with E-state index in [4.69, 9.17) is 4.74 Å². The van der Waals surface area contributed by atoms with Crippen molar-refractivity contribution >= 4 is 11.5 Å². The predicted octanol–water partition coefficient (Wildman–Crippen LogP) is 2.94. The van der Waals surface area contributed by atoms with Crippen LogP contribution in [0.25, 0.3) is 0 Å². The van der Waals surface area contributed by atoms with Crippen molar-refractivity contribution in [3.05, 3.63) is 23.8 Å². The number of ether oxygens (including phenoxy) is 1. The molecule has 0 unspecified atom stereocenters. The zero-order valence-corrected chi connectivity index (χ0v) is 12.6. The highest BCUT2D eigenvalue weighted by Crippen LogP contribution is 2.28. The molecule has 114 valence electrons. The van der Waals surface area contributed by atoms with Gasteiger partial charge in [0, 0.05) is 25.1 Å². The van der Waals surface area contributed by atoms with Gasteiger partial charge in [-0.15, -0.1) is 0 Å². The lowest BCUT2D eigenvalue weighted by atomic mass is 10.1. The van der Waals surface area contributed by atoms with Crippen molar-refractivity contribution in [2.24, 2.45) is 0 Å². The van der Waals surface area contributed by atoms with E-state index in [1.807, 2.05) is 18.2 Å². The second kappa shape index (κ2) is 6.94. The molecular formula is C17H24N2O2. The van der Waals surface area contributed by atoms with Gasteiger partial charge in [0.05, 0.1) is 5.69 Å². The Balaban J connectivity index is 1.57. The molecule has 1 saturated heterocycles. The van der Waals surface area contributed by atoms with Crippen molar-refractivity contribution in [1.82, 2.24) is 4.90 Å². The van der Waals surface area contributed by atoms with Gasteiger partial charge in [0.1, 0.15) is 12.4 Å². The molecule has 0 atom stereocenters. The predicted molar refractivity (Wildman–Crippen MR) is 84.3 cm³/mol.